The number of carboxylic acids is 1. The molecule has 7 atom stereocenters. The summed E-state index contributed by atoms with van der Waals surface area (Å²) in [6, 6.07) is -3.63. The number of tetrazole rings is 1. The van der Waals surface area contributed by atoms with Crippen molar-refractivity contribution in [3.8, 4) is 0 Å². The number of aromatic nitrogens is 4. The Morgan fingerprint density at radius 1 is 1.48 bits per heavy atom. The first kappa shape index (κ1) is 20.8. The highest BCUT2D eigenvalue weighted by atomic mass is 19.2. The molecule has 1 aromatic heterocycles. The number of nitrogens with one attached hydrogen (secondary N) is 1. The summed E-state index contributed by atoms with van der Waals surface area (Å²) in [5.74, 6) is -7.70. The number of anilines is 1. The highest BCUT2D eigenvalue weighted by molar-refractivity contribution is 5.77. The van der Waals surface area contributed by atoms with Crippen molar-refractivity contribution >= 4 is 17.8 Å². The minimum Gasteiger partial charge on any atom is -0.477 e. The minimum atomic E-state index is -4.00. The topological polar surface area (TPSA) is 206 Å². The summed E-state index contributed by atoms with van der Waals surface area (Å²) in [7, 11) is 0. The first-order valence-corrected chi connectivity index (χ1v) is 7.56. The molecule has 0 aromatic carbocycles. The van der Waals surface area contributed by atoms with Crippen molar-refractivity contribution in [1.29, 1.82) is 0 Å². The smallest absolute Gasteiger partial charge is 0.372 e. The third kappa shape index (κ3) is 3.66. The summed E-state index contributed by atoms with van der Waals surface area (Å²) in [5, 5.41) is 49.9. The number of nitrogens with zero attached hydrogens (tertiary/aromatic N) is 4. The van der Waals surface area contributed by atoms with E-state index in [1.165, 1.54) is 0 Å². The first-order chi connectivity index (χ1) is 12.5. The lowest BCUT2D eigenvalue weighted by Gasteiger charge is -2.46. The van der Waals surface area contributed by atoms with Crippen LogP contribution in [0.1, 0.15) is 13.0 Å². The number of ether oxygens (including phenoxy) is 1. The number of carbonyl (C=O) groups is 2. The van der Waals surface area contributed by atoms with E-state index in [-0.39, 0.29) is 0 Å². The van der Waals surface area contributed by atoms with E-state index in [2.05, 4.69) is 25.6 Å². The van der Waals surface area contributed by atoms with Crippen molar-refractivity contribution in [3.63, 3.8) is 0 Å². The van der Waals surface area contributed by atoms with Crippen molar-refractivity contribution in [3.05, 3.63) is 0 Å². The largest absolute Gasteiger partial charge is 0.477 e. The Morgan fingerprint density at radius 2 is 2.11 bits per heavy atom. The van der Waals surface area contributed by atoms with Crippen LogP contribution in [0.5, 0.6) is 0 Å². The number of halogens is 2. The number of hydrogen-bond acceptors (Lipinski definition) is 10. The SMILES string of the molecule is CC(=O)N[C@H]1[C@H]([C@H](O)[C@H](O)CO)OC(F)(C(=O)O)C(F)[C@@H]1n1nnnc1N. The van der Waals surface area contributed by atoms with Crippen LogP contribution in [0.2, 0.25) is 0 Å². The fourth-order valence-corrected chi connectivity index (χ4v) is 2.80. The molecule has 2 heterocycles. The van der Waals surface area contributed by atoms with E-state index in [9.17, 15) is 28.6 Å². The van der Waals surface area contributed by atoms with Crippen molar-refractivity contribution in [2.45, 2.75) is 49.3 Å². The van der Waals surface area contributed by atoms with Gasteiger partial charge in [0.2, 0.25) is 11.9 Å². The van der Waals surface area contributed by atoms with Crippen molar-refractivity contribution in [1.82, 2.24) is 25.5 Å². The number of aliphatic hydroxyl groups is 3. The Balaban J connectivity index is 2.61. The van der Waals surface area contributed by atoms with Gasteiger partial charge >= 0.3 is 11.8 Å². The second-order valence-electron chi connectivity index (χ2n) is 5.87. The lowest BCUT2D eigenvalue weighted by molar-refractivity contribution is -0.283. The molecule has 0 spiro atoms. The zero-order valence-electron chi connectivity index (χ0n) is 13.8. The molecule has 2 unspecified atom stereocenters. The van der Waals surface area contributed by atoms with Crippen LogP contribution in [0.25, 0.3) is 0 Å². The molecule has 1 saturated heterocycles. The zero-order valence-corrected chi connectivity index (χ0v) is 13.8. The van der Waals surface area contributed by atoms with E-state index < -0.39 is 66.9 Å². The quantitative estimate of drug-likeness (QED) is 0.278. The van der Waals surface area contributed by atoms with Gasteiger partial charge in [-0.25, -0.2) is 13.9 Å². The molecule has 0 aliphatic carbocycles. The summed E-state index contributed by atoms with van der Waals surface area (Å²) < 4.78 is 34.9. The first-order valence-electron chi connectivity index (χ1n) is 7.56. The predicted octanol–water partition coefficient (Wildman–Crippen LogP) is -3.50. The van der Waals surface area contributed by atoms with Crippen LogP contribution in [0.4, 0.5) is 14.7 Å². The highest BCUT2D eigenvalue weighted by Crippen LogP contribution is 2.41. The van der Waals surface area contributed by atoms with E-state index in [0.29, 0.717) is 4.68 Å². The molecule has 0 saturated carbocycles. The highest BCUT2D eigenvalue weighted by Gasteiger charge is 2.64. The van der Waals surface area contributed by atoms with Crippen LogP contribution in [0, 0.1) is 0 Å². The van der Waals surface area contributed by atoms with Crippen LogP contribution in [-0.2, 0) is 14.3 Å². The average Bonchev–Trinajstić information content (AvgIpc) is 3.02. The van der Waals surface area contributed by atoms with Gasteiger partial charge in [-0.1, -0.05) is 5.10 Å². The molecule has 1 aromatic rings. The average molecular weight is 396 g/mol. The van der Waals surface area contributed by atoms with Gasteiger partial charge in [0.1, 0.15) is 24.4 Å². The second-order valence-corrected chi connectivity index (χ2v) is 5.87. The molecule has 1 aliphatic rings. The Kier molecular flexibility index (Phi) is 5.88. The molecule has 1 fully saturated rings. The van der Waals surface area contributed by atoms with Gasteiger partial charge in [0.15, 0.2) is 6.17 Å². The van der Waals surface area contributed by atoms with Gasteiger partial charge in [-0.3, -0.25) is 4.79 Å². The number of carbonyl (C=O) groups excluding carboxylic acids is 1. The van der Waals surface area contributed by atoms with Gasteiger partial charge in [0.05, 0.1) is 12.6 Å². The van der Waals surface area contributed by atoms with Gasteiger partial charge in [-0.15, -0.1) is 0 Å². The van der Waals surface area contributed by atoms with Crippen LogP contribution < -0.4 is 11.1 Å². The van der Waals surface area contributed by atoms with Crippen molar-refractivity contribution < 1.29 is 43.5 Å². The van der Waals surface area contributed by atoms with Crippen LogP contribution in [-0.4, -0.2) is 95.5 Å². The van der Waals surface area contributed by atoms with Gasteiger partial charge < -0.3 is 36.2 Å². The fraction of sp³-hybridized carbons (Fsp3) is 0.750. The lowest BCUT2D eigenvalue weighted by Crippen LogP contribution is -2.69. The molecule has 1 amide bonds. The number of hydrogen-bond donors (Lipinski definition) is 6. The number of aliphatic carboxylic acids is 1. The van der Waals surface area contributed by atoms with E-state index in [1.807, 2.05) is 0 Å². The number of alkyl halides is 2. The number of nitrogen functional groups attached to an aromatic ring is 1. The standard InChI is InChI=1S/C12H18F2N6O7/c1-3(22)16-5-6(20-11(15)17-18-19-20)9(13)12(14,10(25)26)27-8(5)7(24)4(23)2-21/h4-9,21,23-24H,2H2,1H3,(H,16,22)(H,25,26)(H2,15,17,19)/t4-,5-,6-,7-,8-,9?,12?/m1/s1. The molecule has 13 nitrogen and oxygen atoms in total. The normalized spacial score (nSPS) is 33.3. The maximum absolute atomic E-state index is 14.9. The molecule has 7 N–H and O–H groups in total. The fourth-order valence-electron chi connectivity index (χ4n) is 2.80. The molecule has 0 bridgehead atoms. The summed E-state index contributed by atoms with van der Waals surface area (Å²) in [6.07, 6.45) is -9.04. The Hall–Kier alpha value is -2.49. The van der Waals surface area contributed by atoms with E-state index in [1.54, 1.807) is 0 Å². The van der Waals surface area contributed by atoms with Crippen LogP contribution >= 0.6 is 0 Å². The molecule has 27 heavy (non-hydrogen) atoms. The maximum Gasteiger partial charge on any atom is 0.372 e. The Morgan fingerprint density at radius 3 is 2.56 bits per heavy atom. The molecular formula is C12H18F2N6O7. The number of nitrogens with two attached hydrogens (primary N) is 1. The second kappa shape index (κ2) is 7.63. The molecule has 2 rings (SSSR count). The number of rotatable bonds is 6. The zero-order chi connectivity index (χ0) is 20.5. The lowest BCUT2D eigenvalue weighted by atomic mass is 9.86. The van der Waals surface area contributed by atoms with Crippen molar-refractivity contribution in [2.75, 3.05) is 12.3 Å². The molecular weight excluding hydrogens is 378 g/mol. The summed E-state index contributed by atoms with van der Waals surface area (Å²) >= 11 is 0. The van der Waals surface area contributed by atoms with E-state index in [0.717, 1.165) is 6.92 Å². The number of amides is 1. The van der Waals surface area contributed by atoms with Gasteiger partial charge in [0, 0.05) is 6.92 Å². The number of aliphatic hydroxyl groups excluding tert-OH is 3. The van der Waals surface area contributed by atoms with Gasteiger partial charge in [-0.2, -0.15) is 4.39 Å². The van der Waals surface area contributed by atoms with Crippen LogP contribution in [0.3, 0.4) is 0 Å². The molecule has 0 radical (unpaired) electrons. The van der Waals surface area contributed by atoms with Crippen molar-refractivity contribution in [2.24, 2.45) is 0 Å². The monoisotopic (exact) mass is 396 g/mol. The molecule has 15 heteroatoms. The summed E-state index contributed by atoms with van der Waals surface area (Å²) in [6.45, 7) is -0.00936. The number of carboxylic acid groups (broad SMARTS) is 1. The third-order valence-corrected chi connectivity index (χ3v) is 4.06. The van der Waals surface area contributed by atoms with E-state index in [4.69, 9.17) is 15.9 Å². The third-order valence-electron chi connectivity index (χ3n) is 4.06. The maximum atomic E-state index is 14.9. The molecule has 1 aliphatic heterocycles. The van der Waals surface area contributed by atoms with E-state index >= 15 is 0 Å². The van der Waals surface area contributed by atoms with Crippen LogP contribution in [0.15, 0.2) is 0 Å². The Labute approximate surface area is 149 Å². The van der Waals surface area contributed by atoms with Gasteiger partial charge in [0.25, 0.3) is 0 Å². The summed E-state index contributed by atoms with van der Waals surface area (Å²) in [5.41, 5.74) is 5.48. The Bertz CT molecular complexity index is 708. The molecule has 152 valence electrons. The summed E-state index contributed by atoms with van der Waals surface area (Å²) in [4.78, 5) is 22.8. The minimum absolute atomic E-state index is 0.524. The van der Waals surface area contributed by atoms with Gasteiger partial charge in [-0.05, 0) is 10.4 Å². The predicted molar refractivity (Wildman–Crippen MR) is 79.2 cm³/mol.